The zero-order valence-corrected chi connectivity index (χ0v) is 23.2. The Bertz CT molecular complexity index is 1580. The van der Waals surface area contributed by atoms with Gasteiger partial charge in [0.15, 0.2) is 29.1 Å². The van der Waals surface area contributed by atoms with Gasteiger partial charge in [-0.05, 0) is 36.1 Å². The van der Waals surface area contributed by atoms with E-state index in [1.165, 1.54) is 17.0 Å². The Morgan fingerprint density at radius 3 is 2.65 bits per heavy atom. The van der Waals surface area contributed by atoms with Crippen LogP contribution in [0.4, 0.5) is 10.2 Å². The number of anilines is 1. The normalized spacial score (nSPS) is 27.2. The molecule has 2 saturated heterocycles. The molecule has 4 heterocycles. The highest BCUT2D eigenvalue weighted by Crippen LogP contribution is 2.55. The summed E-state index contributed by atoms with van der Waals surface area (Å²) in [6.45, 7) is 0.253. The molecule has 216 valence electrons. The summed E-state index contributed by atoms with van der Waals surface area (Å²) in [5, 5.41) is 21.0. The molecule has 1 spiro atoms. The number of aromatic nitrogens is 4. The number of hydrogen-bond acceptors (Lipinski definition) is 10. The van der Waals surface area contributed by atoms with Crippen LogP contribution in [0.5, 0.6) is 0 Å². The Labute approximate surface area is 231 Å². The van der Waals surface area contributed by atoms with Gasteiger partial charge in [-0.2, -0.15) is 9.97 Å². The number of ether oxygens (including phenoxy) is 1. The van der Waals surface area contributed by atoms with Gasteiger partial charge < -0.3 is 39.1 Å². The SMILES string of the molecule is O=P(O)(O)CP(=O)(O)OCC1OC(n2cnc3c(N4CC5(CCc6cccc(F)c65)C4)nc(Cl)nc32)C(O)C1O. The third kappa shape index (κ3) is 4.88. The molecule has 0 radical (unpaired) electrons. The van der Waals surface area contributed by atoms with E-state index in [0.717, 1.165) is 24.0 Å². The Kier molecular flexibility index (Phi) is 6.87. The molecule has 2 aliphatic heterocycles. The third-order valence-electron chi connectivity index (χ3n) is 7.58. The van der Waals surface area contributed by atoms with E-state index in [2.05, 4.69) is 15.0 Å². The summed E-state index contributed by atoms with van der Waals surface area (Å²) in [6.07, 6.45) is -2.81. The second-order valence-electron chi connectivity index (χ2n) is 10.3. The zero-order valence-electron chi connectivity index (χ0n) is 20.6. The van der Waals surface area contributed by atoms with E-state index in [9.17, 15) is 28.6 Å². The van der Waals surface area contributed by atoms with Crippen molar-refractivity contribution in [2.75, 3.05) is 30.5 Å². The van der Waals surface area contributed by atoms with Crippen LogP contribution in [0.15, 0.2) is 24.5 Å². The van der Waals surface area contributed by atoms with Gasteiger partial charge in [-0.25, -0.2) is 9.37 Å². The molecule has 2 fully saturated rings. The molecule has 1 aliphatic carbocycles. The average Bonchev–Trinajstić information content (AvgIpc) is 3.50. The predicted molar refractivity (Wildman–Crippen MR) is 138 cm³/mol. The van der Waals surface area contributed by atoms with Gasteiger partial charge in [-0.3, -0.25) is 13.7 Å². The van der Waals surface area contributed by atoms with E-state index in [1.807, 2.05) is 11.0 Å². The van der Waals surface area contributed by atoms with Crippen molar-refractivity contribution >= 4 is 43.8 Å². The summed E-state index contributed by atoms with van der Waals surface area (Å²) in [5.41, 5.74) is 1.89. The summed E-state index contributed by atoms with van der Waals surface area (Å²) in [7, 11) is -9.56. The number of aliphatic hydroxyl groups is 2. The molecule has 0 bridgehead atoms. The third-order valence-corrected chi connectivity index (χ3v) is 11.2. The first-order chi connectivity index (χ1) is 18.8. The Morgan fingerprint density at radius 1 is 1.18 bits per heavy atom. The highest BCUT2D eigenvalue weighted by atomic mass is 35.5. The molecule has 5 atom stereocenters. The van der Waals surface area contributed by atoms with E-state index in [0.29, 0.717) is 24.4 Å². The van der Waals surface area contributed by atoms with Gasteiger partial charge in [0, 0.05) is 24.1 Å². The molecule has 2 aromatic heterocycles. The van der Waals surface area contributed by atoms with E-state index in [-0.39, 0.29) is 22.2 Å². The minimum absolute atomic E-state index is 0.116. The van der Waals surface area contributed by atoms with Crippen LogP contribution in [0.1, 0.15) is 23.8 Å². The fraction of sp³-hybridized carbons (Fsp3) is 0.500. The lowest BCUT2D eigenvalue weighted by molar-refractivity contribution is -0.0483. The van der Waals surface area contributed by atoms with E-state index in [4.69, 9.17) is 30.6 Å². The molecule has 3 aliphatic rings. The molecule has 5 N–H and O–H groups in total. The first-order valence-electron chi connectivity index (χ1n) is 12.2. The number of halogens is 2. The minimum Gasteiger partial charge on any atom is -0.387 e. The van der Waals surface area contributed by atoms with Crippen LogP contribution in [0.2, 0.25) is 5.28 Å². The topological polar surface area (TPSA) is 201 Å². The monoisotopic (exact) mass is 619 g/mol. The number of aliphatic hydroxyl groups excluding tert-OH is 2. The molecule has 14 nitrogen and oxygen atoms in total. The number of aryl methyl sites for hydroxylation is 1. The summed E-state index contributed by atoms with van der Waals surface area (Å²) in [4.78, 5) is 42.5. The van der Waals surface area contributed by atoms with Crippen molar-refractivity contribution in [1.82, 2.24) is 19.5 Å². The van der Waals surface area contributed by atoms with Gasteiger partial charge in [0.2, 0.25) is 5.28 Å². The van der Waals surface area contributed by atoms with Crippen LogP contribution in [0.3, 0.4) is 0 Å². The van der Waals surface area contributed by atoms with Gasteiger partial charge in [0.25, 0.3) is 0 Å². The van der Waals surface area contributed by atoms with Gasteiger partial charge in [0.05, 0.1) is 12.9 Å². The van der Waals surface area contributed by atoms with Crippen LogP contribution in [0, 0.1) is 5.82 Å². The maximum atomic E-state index is 14.7. The Balaban J connectivity index is 1.23. The van der Waals surface area contributed by atoms with E-state index < -0.39 is 52.2 Å². The number of hydrogen-bond donors (Lipinski definition) is 5. The van der Waals surface area contributed by atoms with Crippen molar-refractivity contribution in [3.05, 3.63) is 46.8 Å². The van der Waals surface area contributed by atoms with E-state index in [1.54, 1.807) is 6.07 Å². The maximum absolute atomic E-state index is 14.7. The number of benzene rings is 1. The standard InChI is InChI=1S/C22H25ClFN5O9P2/c23-21-26-18(28-7-22(8-28)5-4-11-2-1-3-12(24)14(11)22)15-19(27-21)29(9-25-15)20-17(31)16(30)13(38-20)6-37-40(35,36)10-39(32,33)34/h1-3,9,13,16-17,20,30-31H,4-8,10H2,(H,35,36)(H2,32,33,34). The average molecular weight is 620 g/mol. The van der Waals surface area contributed by atoms with Gasteiger partial charge >= 0.3 is 15.2 Å². The van der Waals surface area contributed by atoms with Crippen LogP contribution < -0.4 is 4.90 Å². The van der Waals surface area contributed by atoms with Crippen LogP contribution >= 0.6 is 26.8 Å². The quantitative estimate of drug-likeness (QED) is 0.187. The molecule has 18 heteroatoms. The van der Waals surface area contributed by atoms with Gasteiger partial charge in [-0.1, -0.05) is 12.1 Å². The number of imidazole rings is 1. The summed E-state index contributed by atoms with van der Waals surface area (Å²) in [6, 6.07) is 5.11. The lowest BCUT2D eigenvalue weighted by Gasteiger charge is -2.49. The predicted octanol–water partition coefficient (Wildman–Crippen LogP) is 1.28. The molecule has 6 rings (SSSR count). The lowest BCUT2D eigenvalue weighted by atomic mass is 9.74. The van der Waals surface area contributed by atoms with Crippen LogP contribution in [-0.2, 0) is 30.2 Å². The van der Waals surface area contributed by atoms with Crippen molar-refractivity contribution in [1.29, 1.82) is 0 Å². The van der Waals surface area contributed by atoms with Crippen molar-refractivity contribution < 1.29 is 47.7 Å². The molecule has 1 aromatic carbocycles. The second kappa shape index (κ2) is 9.77. The molecule has 0 saturated carbocycles. The van der Waals surface area contributed by atoms with Crippen molar-refractivity contribution in [3.63, 3.8) is 0 Å². The first kappa shape index (κ1) is 28.1. The summed E-state index contributed by atoms with van der Waals surface area (Å²) in [5.74, 6) is -1.22. The first-order valence-corrected chi connectivity index (χ1v) is 16.2. The number of rotatable bonds is 7. The lowest BCUT2D eigenvalue weighted by Crippen LogP contribution is -2.59. The molecule has 0 amide bonds. The summed E-state index contributed by atoms with van der Waals surface area (Å²) >= 11 is 6.24. The van der Waals surface area contributed by atoms with Crippen LogP contribution in [0.25, 0.3) is 11.2 Å². The Hall–Kier alpha value is -2.03. The molecule has 5 unspecified atom stereocenters. The molecule has 40 heavy (non-hydrogen) atoms. The van der Waals surface area contributed by atoms with E-state index >= 15 is 0 Å². The highest BCUT2D eigenvalue weighted by molar-refractivity contribution is 7.70. The minimum atomic E-state index is -4.85. The molecular formula is C22H25ClFN5O9P2. The molecular weight excluding hydrogens is 595 g/mol. The smallest absolute Gasteiger partial charge is 0.340 e. The van der Waals surface area contributed by atoms with Gasteiger partial charge in [-0.15, -0.1) is 0 Å². The van der Waals surface area contributed by atoms with Gasteiger partial charge in [0.1, 0.15) is 24.1 Å². The summed E-state index contributed by atoms with van der Waals surface area (Å²) < 4.78 is 49.5. The van der Waals surface area contributed by atoms with Crippen molar-refractivity contribution in [2.24, 2.45) is 0 Å². The molecule has 3 aromatic rings. The second-order valence-corrected chi connectivity index (χ2v) is 14.7. The fourth-order valence-corrected chi connectivity index (χ4v) is 8.59. The fourth-order valence-electron chi connectivity index (χ4n) is 5.86. The number of fused-ring (bicyclic) bond motifs is 3. The Morgan fingerprint density at radius 2 is 1.93 bits per heavy atom. The van der Waals surface area contributed by atoms with Crippen molar-refractivity contribution in [2.45, 2.75) is 42.8 Å². The highest BCUT2D eigenvalue weighted by Gasteiger charge is 2.51. The van der Waals surface area contributed by atoms with Crippen LogP contribution in [-0.4, -0.2) is 88.3 Å². The van der Waals surface area contributed by atoms with Crippen molar-refractivity contribution in [3.8, 4) is 0 Å². The zero-order chi connectivity index (χ0) is 28.6. The largest absolute Gasteiger partial charge is 0.387 e. The number of nitrogens with zero attached hydrogens (tertiary/aromatic N) is 5. The maximum Gasteiger partial charge on any atom is 0.340 e.